The largest absolute Gasteiger partial charge is 0.573 e. The van der Waals surface area contributed by atoms with E-state index in [0.29, 0.717) is 10.6 Å². The first kappa shape index (κ1) is 11.6. The Morgan fingerprint density at radius 3 is 2.06 bits per heavy atom. The number of hydrogen-bond donors (Lipinski definition) is 0. The number of alkyl halides is 4. The summed E-state index contributed by atoms with van der Waals surface area (Å²) in [5.41, 5.74) is 0. The third kappa shape index (κ3) is 3.30. The van der Waals surface area contributed by atoms with E-state index in [4.69, 9.17) is 4.74 Å². The molecule has 0 aromatic heterocycles. The van der Waals surface area contributed by atoms with Crippen molar-refractivity contribution in [3.8, 4) is 11.5 Å². The molecule has 1 aromatic carbocycles. The first-order valence-electron chi connectivity index (χ1n) is 4.60. The SMILES string of the molecule is FC(F)(F)Oc1ccc(OC2CC2Br)cc1. The predicted molar refractivity (Wildman–Crippen MR) is 54.9 cm³/mol. The zero-order valence-corrected chi connectivity index (χ0v) is 9.59. The van der Waals surface area contributed by atoms with E-state index in [1.54, 1.807) is 0 Å². The van der Waals surface area contributed by atoms with E-state index < -0.39 is 6.36 Å². The van der Waals surface area contributed by atoms with Crippen molar-refractivity contribution in [1.29, 1.82) is 0 Å². The molecule has 2 atom stereocenters. The standard InChI is InChI=1S/C10H8BrF3O2/c11-8-5-9(8)15-6-1-3-7(4-2-6)16-10(12,13)14/h1-4,8-9H,5H2. The van der Waals surface area contributed by atoms with E-state index in [-0.39, 0.29) is 11.9 Å². The van der Waals surface area contributed by atoms with Gasteiger partial charge in [0.25, 0.3) is 0 Å². The van der Waals surface area contributed by atoms with Crippen LogP contribution < -0.4 is 9.47 Å². The average molecular weight is 297 g/mol. The summed E-state index contributed by atoms with van der Waals surface area (Å²) in [6.07, 6.45) is -3.62. The van der Waals surface area contributed by atoms with Gasteiger partial charge in [-0.3, -0.25) is 0 Å². The van der Waals surface area contributed by atoms with Crippen LogP contribution in [-0.2, 0) is 0 Å². The van der Waals surface area contributed by atoms with Gasteiger partial charge >= 0.3 is 6.36 Å². The van der Waals surface area contributed by atoms with Crippen LogP contribution in [0.15, 0.2) is 24.3 Å². The minimum absolute atomic E-state index is 0.120. The highest BCUT2D eigenvalue weighted by atomic mass is 79.9. The Balaban J connectivity index is 1.94. The van der Waals surface area contributed by atoms with Crippen LogP contribution in [0.2, 0.25) is 0 Å². The Kier molecular flexibility index (Phi) is 3.01. The van der Waals surface area contributed by atoms with Crippen LogP contribution in [0.1, 0.15) is 6.42 Å². The Morgan fingerprint density at radius 1 is 1.12 bits per heavy atom. The number of rotatable bonds is 3. The summed E-state index contributed by atoms with van der Waals surface area (Å²) in [6.45, 7) is 0. The molecule has 0 heterocycles. The fourth-order valence-electron chi connectivity index (χ4n) is 1.16. The molecule has 0 amide bonds. The highest BCUT2D eigenvalue weighted by Gasteiger charge is 2.37. The van der Waals surface area contributed by atoms with Gasteiger partial charge in [-0.05, 0) is 24.3 Å². The predicted octanol–water partition coefficient (Wildman–Crippen LogP) is 3.50. The molecule has 6 heteroatoms. The minimum Gasteiger partial charge on any atom is -0.489 e. The van der Waals surface area contributed by atoms with Crippen molar-refractivity contribution in [3.63, 3.8) is 0 Å². The lowest BCUT2D eigenvalue weighted by Gasteiger charge is -2.09. The molecule has 0 bridgehead atoms. The summed E-state index contributed by atoms with van der Waals surface area (Å²) in [5, 5.41) is 0. The van der Waals surface area contributed by atoms with Crippen LogP contribution in [0.5, 0.6) is 11.5 Å². The molecule has 0 spiro atoms. The lowest BCUT2D eigenvalue weighted by atomic mass is 10.3. The smallest absolute Gasteiger partial charge is 0.489 e. The van der Waals surface area contributed by atoms with Crippen LogP contribution in [0, 0.1) is 0 Å². The molecule has 88 valence electrons. The van der Waals surface area contributed by atoms with Crippen molar-refractivity contribution in [2.45, 2.75) is 23.7 Å². The number of benzene rings is 1. The quantitative estimate of drug-likeness (QED) is 0.795. The Morgan fingerprint density at radius 2 is 1.62 bits per heavy atom. The van der Waals surface area contributed by atoms with Crippen molar-refractivity contribution < 1.29 is 22.6 Å². The van der Waals surface area contributed by atoms with Crippen LogP contribution in [0.25, 0.3) is 0 Å². The maximum atomic E-state index is 11.9. The van der Waals surface area contributed by atoms with E-state index in [1.165, 1.54) is 24.3 Å². The fraction of sp³-hybridized carbons (Fsp3) is 0.400. The van der Waals surface area contributed by atoms with Crippen molar-refractivity contribution >= 4 is 15.9 Å². The molecule has 1 saturated carbocycles. The number of halogens is 4. The maximum absolute atomic E-state index is 11.9. The van der Waals surface area contributed by atoms with E-state index in [0.717, 1.165) is 6.42 Å². The van der Waals surface area contributed by atoms with Gasteiger partial charge in [0, 0.05) is 6.42 Å². The highest BCUT2D eigenvalue weighted by Crippen LogP contribution is 2.35. The summed E-state index contributed by atoms with van der Waals surface area (Å²) in [6, 6.07) is 5.38. The van der Waals surface area contributed by atoms with Gasteiger partial charge in [0.2, 0.25) is 0 Å². The molecule has 1 aromatic rings. The molecule has 0 saturated heterocycles. The molecular weight excluding hydrogens is 289 g/mol. The Labute approximate surface area is 98.5 Å². The summed E-state index contributed by atoms with van der Waals surface area (Å²) in [7, 11) is 0. The van der Waals surface area contributed by atoms with Gasteiger partial charge in [-0.15, -0.1) is 13.2 Å². The molecular formula is C10H8BrF3O2. The Hall–Kier alpha value is -0.910. The van der Waals surface area contributed by atoms with Gasteiger partial charge in [0.05, 0.1) is 4.83 Å². The molecule has 0 aliphatic heterocycles. The van der Waals surface area contributed by atoms with E-state index in [1.807, 2.05) is 0 Å². The molecule has 2 rings (SSSR count). The van der Waals surface area contributed by atoms with Crippen molar-refractivity contribution in [2.24, 2.45) is 0 Å². The molecule has 16 heavy (non-hydrogen) atoms. The van der Waals surface area contributed by atoms with Gasteiger partial charge in [-0.1, -0.05) is 15.9 Å². The minimum atomic E-state index is -4.65. The summed E-state index contributed by atoms with van der Waals surface area (Å²) < 4.78 is 44.7. The van der Waals surface area contributed by atoms with E-state index in [2.05, 4.69) is 20.7 Å². The summed E-state index contributed by atoms with van der Waals surface area (Å²) >= 11 is 3.36. The average Bonchev–Trinajstić information content (AvgIpc) is 2.83. The fourth-order valence-corrected chi connectivity index (χ4v) is 1.64. The van der Waals surface area contributed by atoms with Gasteiger partial charge in [-0.2, -0.15) is 0 Å². The first-order chi connectivity index (χ1) is 7.44. The lowest BCUT2D eigenvalue weighted by Crippen LogP contribution is -2.17. The topological polar surface area (TPSA) is 18.5 Å². The lowest BCUT2D eigenvalue weighted by molar-refractivity contribution is -0.274. The Bertz CT molecular complexity index is 363. The second-order valence-electron chi connectivity index (χ2n) is 3.43. The molecule has 1 aliphatic carbocycles. The van der Waals surface area contributed by atoms with Gasteiger partial charge < -0.3 is 9.47 Å². The maximum Gasteiger partial charge on any atom is 0.573 e. The van der Waals surface area contributed by atoms with Crippen LogP contribution in [0.3, 0.4) is 0 Å². The van der Waals surface area contributed by atoms with Crippen molar-refractivity contribution in [3.05, 3.63) is 24.3 Å². The molecule has 0 radical (unpaired) electrons. The van der Waals surface area contributed by atoms with Crippen LogP contribution in [-0.4, -0.2) is 17.3 Å². The third-order valence-corrected chi connectivity index (χ3v) is 2.97. The highest BCUT2D eigenvalue weighted by molar-refractivity contribution is 9.09. The second kappa shape index (κ2) is 4.16. The normalized spacial score (nSPS) is 24.0. The van der Waals surface area contributed by atoms with Gasteiger partial charge in [0.15, 0.2) is 0 Å². The van der Waals surface area contributed by atoms with Crippen LogP contribution in [0.4, 0.5) is 13.2 Å². The molecule has 1 aliphatic rings. The third-order valence-electron chi connectivity index (χ3n) is 2.00. The molecule has 0 N–H and O–H groups in total. The van der Waals surface area contributed by atoms with E-state index in [9.17, 15) is 13.2 Å². The van der Waals surface area contributed by atoms with Gasteiger partial charge in [0.1, 0.15) is 17.6 Å². The number of hydrogen-bond acceptors (Lipinski definition) is 2. The van der Waals surface area contributed by atoms with Crippen LogP contribution >= 0.6 is 15.9 Å². The zero-order valence-electron chi connectivity index (χ0n) is 8.00. The van der Waals surface area contributed by atoms with Crippen molar-refractivity contribution in [2.75, 3.05) is 0 Å². The zero-order chi connectivity index (χ0) is 11.8. The molecule has 1 fully saturated rings. The second-order valence-corrected chi connectivity index (χ2v) is 4.60. The number of ether oxygens (including phenoxy) is 2. The van der Waals surface area contributed by atoms with E-state index >= 15 is 0 Å². The van der Waals surface area contributed by atoms with Gasteiger partial charge in [-0.25, -0.2) is 0 Å². The molecule has 2 nitrogen and oxygen atoms in total. The summed E-state index contributed by atoms with van der Waals surface area (Å²) in [4.78, 5) is 0.346. The monoisotopic (exact) mass is 296 g/mol. The van der Waals surface area contributed by atoms with Crippen molar-refractivity contribution in [1.82, 2.24) is 0 Å². The molecule has 2 unspecified atom stereocenters. The summed E-state index contributed by atoms with van der Waals surface area (Å²) in [5.74, 6) is 0.299. The first-order valence-corrected chi connectivity index (χ1v) is 5.52.